The number of nitrogens with two attached hydrogens (primary N) is 1. The van der Waals surface area contributed by atoms with Gasteiger partial charge in [-0.2, -0.15) is 0 Å². The standard InChI is InChI=1S/C17H18ClNO3S/c1-11-5-7-14(8-6-11)23(21,22)16-15(17(16,19)10-20)12-3-2-4-13(18)9-12/h2-9,15-16,20H,10,19H2,1H3/t15-,16-,17+/m1/s1. The average Bonchev–Trinajstić information content (AvgIpc) is 3.15. The molecule has 0 heterocycles. The number of hydrogen-bond donors (Lipinski definition) is 2. The first-order valence-electron chi connectivity index (χ1n) is 7.26. The summed E-state index contributed by atoms with van der Waals surface area (Å²) in [5.74, 6) is -0.475. The number of aryl methyl sites for hydroxylation is 1. The van der Waals surface area contributed by atoms with Crippen LogP contribution in [0.25, 0.3) is 0 Å². The molecule has 6 heteroatoms. The maximum Gasteiger partial charge on any atom is 0.183 e. The largest absolute Gasteiger partial charge is 0.394 e. The van der Waals surface area contributed by atoms with Gasteiger partial charge in [-0.1, -0.05) is 41.4 Å². The molecule has 0 radical (unpaired) electrons. The SMILES string of the molecule is Cc1ccc(S(=O)(=O)[C@@H]2[C@@H](c3cccc(Cl)c3)[C@@]2(N)CO)cc1. The first-order valence-corrected chi connectivity index (χ1v) is 9.19. The summed E-state index contributed by atoms with van der Waals surface area (Å²) in [6, 6.07) is 13.6. The average molecular weight is 352 g/mol. The first kappa shape index (κ1) is 16.5. The third-order valence-electron chi connectivity index (χ3n) is 4.47. The van der Waals surface area contributed by atoms with Crippen LogP contribution in [0.5, 0.6) is 0 Å². The molecule has 0 aromatic heterocycles. The minimum absolute atomic E-state index is 0.223. The zero-order valence-electron chi connectivity index (χ0n) is 12.6. The molecule has 3 N–H and O–H groups in total. The van der Waals surface area contributed by atoms with E-state index in [1.54, 1.807) is 48.5 Å². The number of hydrogen-bond acceptors (Lipinski definition) is 4. The topological polar surface area (TPSA) is 80.4 Å². The Labute approximate surface area is 140 Å². The van der Waals surface area contributed by atoms with E-state index in [0.29, 0.717) is 5.02 Å². The van der Waals surface area contributed by atoms with E-state index in [4.69, 9.17) is 17.3 Å². The molecule has 3 rings (SSSR count). The Morgan fingerprint density at radius 2 is 1.87 bits per heavy atom. The van der Waals surface area contributed by atoms with E-state index in [-0.39, 0.29) is 4.90 Å². The molecule has 0 bridgehead atoms. The summed E-state index contributed by atoms with van der Waals surface area (Å²) in [6.07, 6.45) is 0. The number of aliphatic hydroxyl groups is 1. The summed E-state index contributed by atoms with van der Waals surface area (Å²) in [4.78, 5) is 0.223. The Morgan fingerprint density at radius 3 is 2.43 bits per heavy atom. The van der Waals surface area contributed by atoms with Crippen molar-refractivity contribution in [1.29, 1.82) is 0 Å². The molecule has 0 saturated heterocycles. The maximum atomic E-state index is 12.9. The lowest BCUT2D eigenvalue weighted by molar-refractivity contribution is 0.253. The summed E-state index contributed by atoms with van der Waals surface area (Å²) >= 11 is 6.00. The van der Waals surface area contributed by atoms with Gasteiger partial charge in [0.05, 0.1) is 22.3 Å². The molecular formula is C17H18ClNO3S. The highest BCUT2D eigenvalue weighted by Crippen LogP contribution is 2.55. The fraction of sp³-hybridized carbons (Fsp3) is 0.294. The third-order valence-corrected chi connectivity index (χ3v) is 7.01. The number of sulfone groups is 1. The lowest BCUT2D eigenvalue weighted by Gasteiger charge is -2.08. The van der Waals surface area contributed by atoms with E-state index in [9.17, 15) is 13.5 Å². The highest BCUT2D eigenvalue weighted by atomic mass is 35.5. The third kappa shape index (κ3) is 2.68. The number of rotatable bonds is 4. The van der Waals surface area contributed by atoms with E-state index >= 15 is 0 Å². The molecule has 1 aliphatic carbocycles. The molecule has 122 valence electrons. The van der Waals surface area contributed by atoms with Crippen molar-refractivity contribution < 1.29 is 13.5 Å². The van der Waals surface area contributed by atoms with Crippen LogP contribution in [0.3, 0.4) is 0 Å². The van der Waals surface area contributed by atoms with Crippen LogP contribution in [0, 0.1) is 6.92 Å². The van der Waals surface area contributed by atoms with Crippen LogP contribution >= 0.6 is 11.6 Å². The van der Waals surface area contributed by atoms with Gasteiger partial charge in [-0.3, -0.25) is 0 Å². The summed E-state index contributed by atoms with van der Waals surface area (Å²) in [5.41, 5.74) is 6.72. The number of benzene rings is 2. The van der Waals surface area contributed by atoms with Gasteiger partial charge in [-0.25, -0.2) is 8.42 Å². The van der Waals surface area contributed by atoms with Crippen LogP contribution in [-0.2, 0) is 9.84 Å². The zero-order chi connectivity index (χ0) is 16.8. The van der Waals surface area contributed by atoms with Gasteiger partial charge in [-0.05, 0) is 36.8 Å². The van der Waals surface area contributed by atoms with Crippen LogP contribution in [-0.4, -0.2) is 30.9 Å². The monoisotopic (exact) mass is 351 g/mol. The highest BCUT2D eigenvalue weighted by Gasteiger charge is 2.69. The number of aliphatic hydroxyl groups excluding tert-OH is 1. The first-order chi connectivity index (χ1) is 10.8. The minimum atomic E-state index is -3.64. The van der Waals surface area contributed by atoms with Crippen LogP contribution in [0.2, 0.25) is 5.02 Å². The van der Waals surface area contributed by atoms with Gasteiger partial charge in [0.15, 0.2) is 9.84 Å². The van der Waals surface area contributed by atoms with Crippen molar-refractivity contribution in [1.82, 2.24) is 0 Å². The molecule has 2 aromatic carbocycles. The van der Waals surface area contributed by atoms with E-state index < -0.39 is 33.2 Å². The van der Waals surface area contributed by atoms with Crippen molar-refractivity contribution in [3.05, 3.63) is 64.7 Å². The Kier molecular flexibility index (Phi) is 4.01. The van der Waals surface area contributed by atoms with E-state index in [1.165, 1.54) is 0 Å². The molecule has 0 unspecified atom stereocenters. The molecule has 1 saturated carbocycles. The molecule has 2 aromatic rings. The van der Waals surface area contributed by atoms with Crippen molar-refractivity contribution in [3.8, 4) is 0 Å². The molecule has 3 atom stereocenters. The number of halogens is 1. The van der Waals surface area contributed by atoms with Crippen molar-refractivity contribution in [2.45, 2.75) is 28.5 Å². The fourth-order valence-corrected chi connectivity index (χ4v) is 5.64. The summed E-state index contributed by atoms with van der Waals surface area (Å²) in [6.45, 7) is 1.49. The van der Waals surface area contributed by atoms with E-state index in [1.807, 2.05) is 6.92 Å². The highest BCUT2D eigenvalue weighted by molar-refractivity contribution is 7.92. The second-order valence-electron chi connectivity index (χ2n) is 6.08. The fourth-order valence-electron chi connectivity index (χ4n) is 3.14. The Bertz CT molecular complexity index is 835. The van der Waals surface area contributed by atoms with E-state index in [2.05, 4.69) is 0 Å². The van der Waals surface area contributed by atoms with Crippen molar-refractivity contribution in [2.75, 3.05) is 6.61 Å². The lowest BCUT2D eigenvalue weighted by Crippen LogP contribution is -2.35. The molecule has 0 amide bonds. The van der Waals surface area contributed by atoms with Crippen LogP contribution in [0.4, 0.5) is 0 Å². The van der Waals surface area contributed by atoms with Crippen molar-refractivity contribution >= 4 is 21.4 Å². The van der Waals surface area contributed by atoms with Gasteiger partial charge >= 0.3 is 0 Å². The van der Waals surface area contributed by atoms with Gasteiger partial charge in [0.2, 0.25) is 0 Å². The molecule has 1 fully saturated rings. The molecular weight excluding hydrogens is 334 g/mol. The van der Waals surface area contributed by atoms with Crippen LogP contribution in [0.15, 0.2) is 53.4 Å². The van der Waals surface area contributed by atoms with Gasteiger partial charge in [0.25, 0.3) is 0 Å². The quantitative estimate of drug-likeness (QED) is 0.885. The summed E-state index contributed by atoms with van der Waals surface area (Å²) in [7, 11) is -3.64. The molecule has 0 spiro atoms. The maximum absolute atomic E-state index is 12.9. The Morgan fingerprint density at radius 1 is 1.22 bits per heavy atom. The van der Waals surface area contributed by atoms with Crippen molar-refractivity contribution in [3.63, 3.8) is 0 Å². The van der Waals surface area contributed by atoms with Crippen molar-refractivity contribution in [2.24, 2.45) is 5.73 Å². The normalized spacial score (nSPS) is 27.0. The smallest absolute Gasteiger partial charge is 0.183 e. The zero-order valence-corrected chi connectivity index (χ0v) is 14.2. The van der Waals surface area contributed by atoms with Crippen LogP contribution in [0.1, 0.15) is 17.0 Å². The van der Waals surface area contributed by atoms with Gasteiger partial charge in [0.1, 0.15) is 0 Å². The lowest BCUT2D eigenvalue weighted by atomic mass is 10.1. The van der Waals surface area contributed by atoms with Gasteiger partial charge in [-0.15, -0.1) is 0 Å². The van der Waals surface area contributed by atoms with Crippen LogP contribution < -0.4 is 5.73 Å². The Balaban J connectivity index is 2.03. The minimum Gasteiger partial charge on any atom is -0.394 e. The molecule has 4 nitrogen and oxygen atoms in total. The van der Waals surface area contributed by atoms with E-state index in [0.717, 1.165) is 11.1 Å². The Hall–Kier alpha value is -1.40. The van der Waals surface area contributed by atoms with Gasteiger partial charge < -0.3 is 10.8 Å². The van der Waals surface area contributed by atoms with Gasteiger partial charge in [0, 0.05) is 10.9 Å². The second kappa shape index (κ2) is 5.60. The molecule has 0 aliphatic heterocycles. The summed E-state index contributed by atoms with van der Waals surface area (Å²) < 4.78 is 25.8. The molecule has 1 aliphatic rings. The molecule has 23 heavy (non-hydrogen) atoms. The summed E-state index contributed by atoms with van der Waals surface area (Å²) in [5, 5.41) is 9.32. The predicted molar refractivity (Wildman–Crippen MR) is 90.4 cm³/mol. The predicted octanol–water partition coefficient (Wildman–Crippen LogP) is 2.28. The second-order valence-corrected chi connectivity index (χ2v) is 8.59.